The highest BCUT2D eigenvalue weighted by molar-refractivity contribution is 5.97. The van der Waals surface area contributed by atoms with Gasteiger partial charge < -0.3 is 9.47 Å². The number of para-hydroxylation sites is 1. The van der Waals surface area contributed by atoms with Gasteiger partial charge in [0, 0.05) is 39.3 Å². The number of aromatic nitrogens is 1. The number of rotatable bonds is 9. The van der Waals surface area contributed by atoms with Crippen molar-refractivity contribution in [3.8, 4) is 61.3 Å². The SMILES string of the molecule is C1=Cc2c(n(-c3cccc(-c4ccc(N(c5ccc(-c6ccccc6)cc5)c5ccc(-c6cccc(-c7ccccc7)c6)cc5)cc4)c3-c3ccccc3)c3ccccc23)CC1. The van der Waals surface area contributed by atoms with E-state index in [1.807, 2.05) is 0 Å². The molecule has 11 rings (SSSR count). The van der Waals surface area contributed by atoms with E-state index in [1.165, 1.54) is 83.5 Å². The molecule has 0 N–H and O–H groups in total. The molecular weight excluding hydrogens is 749 g/mol. The minimum absolute atomic E-state index is 1.01. The van der Waals surface area contributed by atoms with Crippen LogP contribution in [0.5, 0.6) is 0 Å². The first-order valence-corrected chi connectivity index (χ1v) is 21.6. The maximum absolute atomic E-state index is 2.52. The summed E-state index contributed by atoms with van der Waals surface area (Å²) in [5.74, 6) is 0. The summed E-state index contributed by atoms with van der Waals surface area (Å²) in [5, 5.41) is 1.30. The monoisotopic (exact) mass is 792 g/mol. The predicted octanol–water partition coefficient (Wildman–Crippen LogP) is 16.4. The maximum atomic E-state index is 2.52. The van der Waals surface area contributed by atoms with Crippen LogP contribution in [0.1, 0.15) is 17.7 Å². The number of hydrogen-bond donors (Lipinski definition) is 0. The molecule has 62 heavy (non-hydrogen) atoms. The lowest BCUT2D eigenvalue weighted by atomic mass is 9.92. The summed E-state index contributed by atoms with van der Waals surface area (Å²) >= 11 is 0. The number of nitrogens with zero attached hydrogens (tertiary/aromatic N) is 2. The van der Waals surface area contributed by atoms with Gasteiger partial charge in [0.05, 0.1) is 11.2 Å². The third kappa shape index (κ3) is 6.92. The van der Waals surface area contributed by atoms with Crippen molar-refractivity contribution in [3.63, 3.8) is 0 Å². The van der Waals surface area contributed by atoms with E-state index in [2.05, 4.69) is 252 Å². The Balaban J connectivity index is 1.01. The molecule has 2 heteroatoms. The van der Waals surface area contributed by atoms with Crippen LogP contribution >= 0.6 is 0 Å². The van der Waals surface area contributed by atoms with Gasteiger partial charge in [-0.25, -0.2) is 0 Å². The van der Waals surface area contributed by atoms with E-state index < -0.39 is 0 Å². The van der Waals surface area contributed by atoms with Crippen molar-refractivity contribution in [1.82, 2.24) is 4.57 Å². The third-order valence-electron chi connectivity index (χ3n) is 12.3. The lowest BCUT2D eigenvalue weighted by Gasteiger charge is -2.26. The van der Waals surface area contributed by atoms with Crippen molar-refractivity contribution >= 4 is 34.0 Å². The van der Waals surface area contributed by atoms with Gasteiger partial charge in [0.15, 0.2) is 0 Å². The fourth-order valence-corrected chi connectivity index (χ4v) is 9.30. The lowest BCUT2D eigenvalue weighted by Crippen LogP contribution is -2.10. The molecule has 0 spiro atoms. The summed E-state index contributed by atoms with van der Waals surface area (Å²) in [4.78, 5) is 2.36. The molecule has 9 aromatic carbocycles. The van der Waals surface area contributed by atoms with Crippen molar-refractivity contribution in [3.05, 3.63) is 248 Å². The molecule has 1 aliphatic rings. The molecule has 1 aliphatic carbocycles. The van der Waals surface area contributed by atoms with Gasteiger partial charge in [-0.05, 0) is 118 Å². The topological polar surface area (TPSA) is 8.17 Å². The Hall–Kier alpha value is -7.94. The molecule has 0 fully saturated rings. The van der Waals surface area contributed by atoms with Gasteiger partial charge in [-0.2, -0.15) is 0 Å². The molecule has 1 heterocycles. The quantitative estimate of drug-likeness (QED) is 0.141. The Morgan fingerprint density at radius 1 is 0.371 bits per heavy atom. The Morgan fingerprint density at radius 3 is 1.45 bits per heavy atom. The number of allylic oxidation sites excluding steroid dienone is 1. The molecule has 0 atom stereocenters. The summed E-state index contributed by atoms with van der Waals surface area (Å²) in [6, 6.07) is 83.6. The van der Waals surface area contributed by atoms with Crippen molar-refractivity contribution in [2.24, 2.45) is 0 Å². The fourth-order valence-electron chi connectivity index (χ4n) is 9.30. The molecule has 0 amide bonds. The lowest BCUT2D eigenvalue weighted by molar-refractivity contribution is 0.889. The van der Waals surface area contributed by atoms with Crippen LogP contribution in [0.2, 0.25) is 0 Å². The summed E-state index contributed by atoms with van der Waals surface area (Å²) in [7, 11) is 0. The zero-order chi connectivity index (χ0) is 41.2. The first kappa shape index (κ1) is 37.1. The third-order valence-corrected chi connectivity index (χ3v) is 12.3. The van der Waals surface area contributed by atoms with Crippen LogP contribution in [0.15, 0.2) is 237 Å². The average molecular weight is 793 g/mol. The highest BCUT2D eigenvalue weighted by Gasteiger charge is 2.23. The summed E-state index contributed by atoms with van der Waals surface area (Å²) in [5.41, 5.74) is 20.5. The highest BCUT2D eigenvalue weighted by Crippen LogP contribution is 2.43. The highest BCUT2D eigenvalue weighted by atomic mass is 15.1. The molecule has 0 bridgehead atoms. The van der Waals surface area contributed by atoms with Gasteiger partial charge in [0.25, 0.3) is 0 Å². The molecule has 0 saturated heterocycles. The second-order valence-corrected chi connectivity index (χ2v) is 16.0. The molecule has 1 aromatic heterocycles. The molecule has 2 nitrogen and oxygen atoms in total. The Kier molecular flexibility index (Phi) is 9.72. The van der Waals surface area contributed by atoms with Gasteiger partial charge >= 0.3 is 0 Å². The second kappa shape index (κ2) is 16.3. The number of hydrogen-bond acceptors (Lipinski definition) is 1. The molecule has 0 aliphatic heterocycles. The van der Waals surface area contributed by atoms with E-state index in [0.717, 1.165) is 29.9 Å². The molecule has 0 radical (unpaired) electrons. The van der Waals surface area contributed by atoms with E-state index in [4.69, 9.17) is 0 Å². The second-order valence-electron chi connectivity index (χ2n) is 16.0. The molecule has 294 valence electrons. The van der Waals surface area contributed by atoms with E-state index in [9.17, 15) is 0 Å². The van der Waals surface area contributed by atoms with Crippen LogP contribution in [0.4, 0.5) is 17.1 Å². The van der Waals surface area contributed by atoms with Crippen molar-refractivity contribution < 1.29 is 0 Å². The van der Waals surface area contributed by atoms with Crippen molar-refractivity contribution in [1.29, 1.82) is 0 Å². The molecule has 0 saturated carbocycles. The van der Waals surface area contributed by atoms with E-state index >= 15 is 0 Å². The minimum Gasteiger partial charge on any atom is -0.312 e. The van der Waals surface area contributed by atoms with Crippen LogP contribution in [0, 0.1) is 0 Å². The minimum atomic E-state index is 1.01. The van der Waals surface area contributed by atoms with E-state index in [0.29, 0.717) is 0 Å². The number of anilines is 3. The van der Waals surface area contributed by atoms with Gasteiger partial charge in [-0.1, -0.05) is 188 Å². The largest absolute Gasteiger partial charge is 0.312 e. The van der Waals surface area contributed by atoms with Crippen LogP contribution < -0.4 is 4.90 Å². The summed E-state index contributed by atoms with van der Waals surface area (Å²) in [6.45, 7) is 0. The smallest absolute Gasteiger partial charge is 0.0543 e. The van der Waals surface area contributed by atoms with Crippen LogP contribution in [-0.2, 0) is 6.42 Å². The Labute approximate surface area is 364 Å². The molecule has 0 unspecified atom stereocenters. The van der Waals surface area contributed by atoms with Gasteiger partial charge in [-0.3, -0.25) is 0 Å². The maximum Gasteiger partial charge on any atom is 0.0543 e. The first-order chi connectivity index (χ1) is 30.8. The van der Waals surface area contributed by atoms with Crippen LogP contribution in [-0.4, -0.2) is 4.57 Å². The predicted molar refractivity (Wildman–Crippen MR) is 262 cm³/mol. The van der Waals surface area contributed by atoms with Crippen molar-refractivity contribution in [2.75, 3.05) is 4.90 Å². The van der Waals surface area contributed by atoms with E-state index in [-0.39, 0.29) is 0 Å². The Morgan fingerprint density at radius 2 is 0.839 bits per heavy atom. The summed E-state index contributed by atoms with van der Waals surface area (Å²) in [6.07, 6.45) is 6.69. The summed E-state index contributed by atoms with van der Waals surface area (Å²) < 4.78 is 2.52. The zero-order valence-corrected chi connectivity index (χ0v) is 34.4. The fraction of sp³-hybridized carbons (Fsp3) is 0.0333. The number of benzene rings is 9. The molecular formula is C60H44N2. The van der Waals surface area contributed by atoms with Crippen LogP contribution in [0.25, 0.3) is 78.3 Å². The number of fused-ring (bicyclic) bond motifs is 3. The average Bonchev–Trinajstić information content (AvgIpc) is 3.69. The van der Waals surface area contributed by atoms with Crippen LogP contribution in [0.3, 0.4) is 0 Å². The molecule has 10 aromatic rings. The van der Waals surface area contributed by atoms with Gasteiger partial charge in [0.2, 0.25) is 0 Å². The van der Waals surface area contributed by atoms with Gasteiger partial charge in [-0.15, -0.1) is 0 Å². The first-order valence-electron chi connectivity index (χ1n) is 21.6. The zero-order valence-electron chi connectivity index (χ0n) is 34.4. The standard InChI is InChI=1S/C60H44N2/c1-4-16-43(17-5-1)45-30-36-51(37-31-45)61(52-38-32-46(33-39-52)50-23-14-22-49(42-50)44-18-6-2-7-19-44)53-40-34-47(35-41-53)54-26-15-29-59(60(54)48-20-8-3-9-21-48)62-57-27-12-10-24-55(57)56-25-11-13-28-58(56)62/h1-12,14-27,29-42H,13,28H2. The van der Waals surface area contributed by atoms with E-state index in [1.54, 1.807) is 0 Å². The Bertz CT molecular complexity index is 3180. The van der Waals surface area contributed by atoms with Crippen molar-refractivity contribution in [2.45, 2.75) is 12.8 Å². The van der Waals surface area contributed by atoms with Gasteiger partial charge in [0.1, 0.15) is 0 Å². The normalized spacial score (nSPS) is 12.0.